The molecule has 0 spiro atoms. The molecular formula is C25H24N4O3. The minimum absolute atomic E-state index is 0.123. The summed E-state index contributed by atoms with van der Waals surface area (Å²) in [6.45, 7) is 3.14. The number of amides is 2. The van der Waals surface area contributed by atoms with E-state index in [1.165, 1.54) is 12.3 Å². The molecule has 162 valence electrons. The highest BCUT2D eigenvalue weighted by Gasteiger charge is 2.15. The van der Waals surface area contributed by atoms with Crippen LogP contribution in [0.5, 0.6) is 0 Å². The number of benzene rings is 2. The highest BCUT2D eigenvalue weighted by atomic mass is 16.3. The molecule has 4 rings (SSSR count). The number of imidazole rings is 1. The number of hydrogen-bond acceptors (Lipinski definition) is 4. The fourth-order valence-corrected chi connectivity index (χ4v) is 3.47. The second-order valence-electron chi connectivity index (χ2n) is 7.30. The normalized spacial score (nSPS) is 11.5. The van der Waals surface area contributed by atoms with Crippen LogP contribution in [0.1, 0.15) is 28.4 Å². The molecule has 2 heterocycles. The van der Waals surface area contributed by atoms with Crippen molar-refractivity contribution in [1.29, 1.82) is 0 Å². The average molecular weight is 428 g/mol. The molecule has 2 aromatic carbocycles. The van der Waals surface area contributed by atoms with Gasteiger partial charge in [-0.1, -0.05) is 30.3 Å². The summed E-state index contributed by atoms with van der Waals surface area (Å²) >= 11 is 0. The van der Waals surface area contributed by atoms with Gasteiger partial charge in [-0.05, 0) is 49.7 Å². The molecule has 0 radical (unpaired) electrons. The van der Waals surface area contributed by atoms with Gasteiger partial charge in [-0.3, -0.25) is 9.59 Å². The molecule has 0 saturated heterocycles. The van der Waals surface area contributed by atoms with Crippen molar-refractivity contribution in [2.24, 2.45) is 0 Å². The van der Waals surface area contributed by atoms with E-state index in [1.54, 1.807) is 36.4 Å². The Morgan fingerprint density at radius 1 is 1.03 bits per heavy atom. The number of furan rings is 1. The van der Waals surface area contributed by atoms with E-state index in [-0.39, 0.29) is 17.5 Å². The van der Waals surface area contributed by atoms with Crippen LogP contribution < -0.4 is 10.6 Å². The van der Waals surface area contributed by atoms with E-state index < -0.39 is 0 Å². The van der Waals surface area contributed by atoms with Gasteiger partial charge in [0, 0.05) is 24.7 Å². The largest absolute Gasteiger partial charge is 0.465 e. The number of hydrogen-bond donors (Lipinski definition) is 2. The van der Waals surface area contributed by atoms with E-state index in [4.69, 9.17) is 4.42 Å². The lowest BCUT2D eigenvalue weighted by molar-refractivity contribution is -0.117. The number of nitrogens with zero attached hydrogens (tertiary/aromatic N) is 2. The van der Waals surface area contributed by atoms with Crippen LogP contribution in [0.25, 0.3) is 17.1 Å². The van der Waals surface area contributed by atoms with E-state index in [2.05, 4.69) is 20.2 Å². The van der Waals surface area contributed by atoms with Gasteiger partial charge in [0.25, 0.3) is 11.8 Å². The first-order valence-electron chi connectivity index (χ1n) is 10.4. The van der Waals surface area contributed by atoms with Crippen molar-refractivity contribution < 1.29 is 14.0 Å². The predicted molar refractivity (Wildman–Crippen MR) is 123 cm³/mol. The third-order valence-corrected chi connectivity index (χ3v) is 5.05. The van der Waals surface area contributed by atoms with Gasteiger partial charge < -0.3 is 19.6 Å². The first-order valence-corrected chi connectivity index (χ1v) is 10.4. The van der Waals surface area contributed by atoms with Crippen LogP contribution in [-0.2, 0) is 11.3 Å². The van der Waals surface area contributed by atoms with Gasteiger partial charge >= 0.3 is 0 Å². The lowest BCUT2D eigenvalue weighted by atomic mass is 10.2. The van der Waals surface area contributed by atoms with E-state index in [0.29, 0.717) is 24.3 Å². The van der Waals surface area contributed by atoms with Crippen molar-refractivity contribution in [3.8, 4) is 0 Å². The zero-order chi connectivity index (χ0) is 22.3. The van der Waals surface area contributed by atoms with E-state index >= 15 is 0 Å². The van der Waals surface area contributed by atoms with Gasteiger partial charge in [0.1, 0.15) is 17.3 Å². The summed E-state index contributed by atoms with van der Waals surface area (Å²) < 4.78 is 7.45. The number of nitrogens with one attached hydrogen (secondary N) is 2. The Morgan fingerprint density at radius 2 is 1.81 bits per heavy atom. The van der Waals surface area contributed by atoms with Crippen LogP contribution in [0.4, 0.5) is 0 Å². The topological polar surface area (TPSA) is 89.2 Å². The molecule has 2 N–H and O–H groups in total. The molecule has 7 heteroatoms. The van der Waals surface area contributed by atoms with E-state index in [0.717, 1.165) is 23.4 Å². The zero-order valence-electron chi connectivity index (χ0n) is 17.7. The molecular weight excluding hydrogens is 404 g/mol. The van der Waals surface area contributed by atoms with E-state index in [1.807, 2.05) is 37.3 Å². The summed E-state index contributed by atoms with van der Waals surface area (Å²) in [5.74, 6) is 0.673. The third kappa shape index (κ3) is 4.95. The number of aromatic nitrogens is 2. The molecule has 0 aliphatic rings. The molecule has 0 unspecified atom stereocenters. The van der Waals surface area contributed by atoms with Crippen LogP contribution in [-0.4, -0.2) is 27.9 Å². The molecule has 4 aromatic rings. The maximum absolute atomic E-state index is 12.8. The van der Waals surface area contributed by atoms with Crippen LogP contribution in [0.2, 0.25) is 0 Å². The number of aryl methyl sites for hydroxylation is 2. The fraction of sp³-hybridized carbons (Fsp3) is 0.160. The maximum atomic E-state index is 12.8. The Balaban J connectivity index is 1.40. The van der Waals surface area contributed by atoms with E-state index in [9.17, 15) is 9.59 Å². The first kappa shape index (κ1) is 21.1. The molecule has 0 fully saturated rings. The number of carbonyl (C=O) groups excluding carboxylic acids is 2. The Kier molecular flexibility index (Phi) is 6.46. The number of rotatable bonds is 8. The molecule has 0 atom stereocenters. The van der Waals surface area contributed by atoms with Crippen molar-refractivity contribution >= 4 is 28.9 Å². The number of para-hydroxylation sites is 2. The molecule has 2 aromatic heterocycles. The molecule has 32 heavy (non-hydrogen) atoms. The summed E-state index contributed by atoms with van der Waals surface area (Å²) in [5, 5.41) is 5.58. The van der Waals surface area contributed by atoms with Gasteiger partial charge in [0.2, 0.25) is 0 Å². The lowest BCUT2D eigenvalue weighted by Gasteiger charge is -2.12. The highest BCUT2D eigenvalue weighted by molar-refractivity contribution is 6.05. The van der Waals surface area contributed by atoms with Crippen molar-refractivity contribution in [3.05, 3.63) is 95.8 Å². The summed E-state index contributed by atoms with van der Waals surface area (Å²) in [5.41, 5.74) is 2.62. The quantitative estimate of drug-likeness (QED) is 0.329. The standard InChI is InChI=1S/C25H24N4O3/c1-18-27-21-12-5-6-13-23(21)29(18)15-8-14-26-25(31)22(17-20-11-7-16-32-20)28-24(30)19-9-3-2-4-10-19/h2-7,9-13,16-17H,8,14-15H2,1H3,(H,26,31)(H,28,30). The first-order chi connectivity index (χ1) is 15.6. The minimum Gasteiger partial charge on any atom is -0.465 e. The molecule has 0 aliphatic carbocycles. The van der Waals surface area contributed by atoms with Gasteiger partial charge in [-0.15, -0.1) is 0 Å². The number of carbonyl (C=O) groups is 2. The predicted octanol–water partition coefficient (Wildman–Crippen LogP) is 3.92. The Hall–Kier alpha value is -4.13. The maximum Gasteiger partial charge on any atom is 0.267 e. The molecule has 0 saturated carbocycles. The smallest absolute Gasteiger partial charge is 0.267 e. The summed E-state index contributed by atoms with van der Waals surface area (Å²) in [7, 11) is 0. The van der Waals surface area contributed by atoms with Crippen LogP contribution in [0.3, 0.4) is 0 Å². The van der Waals surface area contributed by atoms with Crippen molar-refractivity contribution in [3.63, 3.8) is 0 Å². The van der Waals surface area contributed by atoms with Crippen molar-refractivity contribution in [1.82, 2.24) is 20.2 Å². The summed E-state index contributed by atoms with van der Waals surface area (Å²) in [4.78, 5) is 30.0. The minimum atomic E-state index is -0.377. The van der Waals surface area contributed by atoms with Gasteiger partial charge in [0.15, 0.2) is 0 Å². The molecule has 2 amide bonds. The van der Waals surface area contributed by atoms with Gasteiger partial charge in [0.05, 0.1) is 17.3 Å². The zero-order valence-corrected chi connectivity index (χ0v) is 17.7. The van der Waals surface area contributed by atoms with Crippen LogP contribution in [0, 0.1) is 6.92 Å². The van der Waals surface area contributed by atoms with Crippen LogP contribution >= 0.6 is 0 Å². The SMILES string of the molecule is Cc1nc2ccccc2n1CCCNC(=O)C(=Cc1ccco1)NC(=O)c1ccccc1. The molecule has 7 nitrogen and oxygen atoms in total. The van der Waals surface area contributed by atoms with Crippen molar-refractivity contribution in [2.75, 3.05) is 6.54 Å². The highest BCUT2D eigenvalue weighted by Crippen LogP contribution is 2.15. The Morgan fingerprint density at radius 3 is 2.59 bits per heavy atom. The third-order valence-electron chi connectivity index (χ3n) is 5.05. The Bertz CT molecular complexity index is 1240. The Labute approximate surface area is 185 Å². The second kappa shape index (κ2) is 9.78. The monoisotopic (exact) mass is 428 g/mol. The van der Waals surface area contributed by atoms with Crippen molar-refractivity contribution in [2.45, 2.75) is 19.9 Å². The fourth-order valence-electron chi connectivity index (χ4n) is 3.47. The summed E-state index contributed by atoms with van der Waals surface area (Å²) in [6, 6.07) is 20.2. The molecule has 0 bridgehead atoms. The second-order valence-corrected chi connectivity index (χ2v) is 7.30. The van der Waals surface area contributed by atoms with Crippen LogP contribution in [0.15, 0.2) is 83.1 Å². The lowest BCUT2D eigenvalue weighted by Crippen LogP contribution is -2.35. The van der Waals surface area contributed by atoms with Gasteiger partial charge in [-0.2, -0.15) is 0 Å². The molecule has 0 aliphatic heterocycles. The van der Waals surface area contributed by atoms with Gasteiger partial charge in [-0.25, -0.2) is 4.98 Å². The summed E-state index contributed by atoms with van der Waals surface area (Å²) in [6.07, 6.45) is 3.75. The number of fused-ring (bicyclic) bond motifs is 1. The average Bonchev–Trinajstić information content (AvgIpc) is 3.43.